The smallest absolute Gasteiger partial charge is 0.360 e. The van der Waals surface area contributed by atoms with Crippen LogP contribution in [0.15, 0.2) is 91.0 Å². The molecule has 1 aliphatic heterocycles. The largest absolute Gasteiger partial charge is 0.461 e. The molecule has 1 aromatic heterocycles. The summed E-state index contributed by atoms with van der Waals surface area (Å²) in [5, 5.41) is 8.20. The van der Waals surface area contributed by atoms with E-state index >= 15 is 0 Å². The van der Waals surface area contributed by atoms with Gasteiger partial charge in [0.2, 0.25) is 10.0 Å². The van der Waals surface area contributed by atoms with Gasteiger partial charge < -0.3 is 4.74 Å². The van der Waals surface area contributed by atoms with Crippen molar-refractivity contribution >= 4 is 27.8 Å². The quantitative estimate of drug-likeness (QED) is 0.170. The van der Waals surface area contributed by atoms with E-state index < -0.39 is 20.7 Å². The molecule has 1 aliphatic rings. The SMILES string of the molecule is CCOC(=O)c1nnn(CC[C@H]2C[C@@H](SC(c3ccccc3)(c3ccccc3)c3ccccc3)CN2S(C)(=O)=O)c1C. The van der Waals surface area contributed by atoms with Crippen LogP contribution >= 0.6 is 11.8 Å². The third kappa shape index (κ3) is 6.16. The van der Waals surface area contributed by atoms with Crippen LogP contribution in [0.1, 0.15) is 52.6 Å². The van der Waals surface area contributed by atoms with Gasteiger partial charge in [-0.3, -0.25) is 0 Å². The van der Waals surface area contributed by atoms with Crippen molar-refractivity contribution in [2.75, 3.05) is 19.4 Å². The summed E-state index contributed by atoms with van der Waals surface area (Å²) in [5.41, 5.74) is 4.24. The van der Waals surface area contributed by atoms with Crippen LogP contribution in [0.25, 0.3) is 0 Å². The van der Waals surface area contributed by atoms with E-state index in [4.69, 9.17) is 4.74 Å². The fourth-order valence-corrected chi connectivity index (χ4v) is 8.95. The summed E-state index contributed by atoms with van der Waals surface area (Å²) in [4.78, 5) is 12.2. The molecule has 0 spiro atoms. The van der Waals surface area contributed by atoms with E-state index in [-0.39, 0.29) is 23.6 Å². The Morgan fingerprint density at radius 2 is 1.48 bits per heavy atom. The van der Waals surface area contributed by atoms with E-state index in [1.807, 2.05) is 30.0 Å². The van der Waals surface area contributed by atoms with Crippen molar-refractivity contribution in [3.63, 3.8) is 0 Å². The number of hydrogen-bond donors (Lipinski definition) is 0. The molecule has 4 aromatic rings. The van der Waals surface area contributed by atoms with Crippen molar-refractivity contribution in [2.45, 2.75) is 49.3 Å². The number of aryl methyl sites for hydroxylation is 1. The fraction of sp³-hybridized carbons (Fsp3) is 0.344. The Balaban J connectivity index is 1.47. The Morgan fingerprint density at radius 1 is 0.952 bits per heavy atom. The van der Waals surface area contributed by atoms with Gasteiger partial charge in [-0.1, -0.05) is 96.2 Å². The molecule has 0 N–H and O–H groups in total. The van der Waals surface area contributed by atoms with Crippen molar-refractivity contribution < 1.29 is 17.9 Å². The van der Waals surface area contributed by atoms with Crippen molar-refractivity contribution in [2.24, 2.45) is 0 Å². The predicted octanol–water partition coefficient (Wildman–Crippen LogP) is 5.28. The van der Waals surface area contributed by atoms with Gasteiger partial charge in [-0.15, -0.1) is 16.9 Å². The number of esters is 1. The van der Waals surface area contributed by atoms with Gasteiger partial charge in [0, 0.05) is 24.4 Å². The molecule has 0 unspecified atom stereocenters. The summed E-state index contributed by atoms with van der Waals surface area (Å²) in [6.07, 6.45) is 2.52. The van der Waals surface area contributed by atoms with Crippen molar-refractivity contribution in [3.05, 3.63) is 119 Å². The minimum atomic E-state index is -3.46. The number of rotatable bonds is 11. The number of aromatic nitrogens is 3. The molecule has 5 rings (SSSR count). The molecule has 0 amide bonds. The van der Waals surface area contributed by atoms with Crippen LogP contribution in [-0.4, -0.2) is 64.4 Å². The third-order valence-corrected chi connectivity index (χ3v) is 10.8. The first-order valence-electron chi connectivity index (χ1n) is 14.1. The van der Waals surface area contributed by atoms with Gasteiger partial charge >= 0.3 is 5.97 Å². The second-order valence-electron chi connectivity index (χ2n) is 10.5. The number of thioether (sulfide) groups is 1. The Bertz CT molecular complexity index is 1500. The summed E-state index contributed by atoms with van der Waals surface area (Å²) in [6, 6.07) is 31.1. The third-order valence-electron chi connectivity index (χ3n) is 7.76. The first-order valence-corrected chi connectivity index (χ1v) is 16.8. The molecule has 8 nitrogen and oxygen atoms in total. The molecule has 0 bridgehead atoms. The summed E-state index contributed by atoms with van der Waals surface area (Å²) in [7, 11) is -3.46. The summed E-state index contributed by atoms with van der Waals surface area (Å²) in [6.45, 7) is 4.63. The van der Waals surface area contributed by atoms with Crippen LogP contribution in [-0.2, 0) is 26.1 Å². The predicted molar refractivity (Wildman–Crippen MR) is 166 cm³/mol. The minimum Gasteiger partial charge on any atom is -0.461 e. The molecule has 42 heavy (non-hydrogen) atoms. The lowest BCUT2D eigenvalue weighted by molar-refractivity contribution is 0.0518. The lowest BCUT2D eigenvalue weighted by atomic mass is 9.84. The van der Waals surface area contributed by atoms with Gasteiger partial charge in [-0.05, 0) is 43.4 Å². The van der Waals surface area contributed by atoms with E-state index in [1.165, 1.54) is 6.26 Å². The number of carbonyl (C=O) groups is 1. The number of sulfonamides is 1. The van der Waals surface area contributed by atoms with Gasteiger partial charge in [0.05, 0.1) is 23.3 Å². The summed E-state index contributed by atoms with van der Waals surface area (Å²) >= 11 is 1.82. The number of ether oxygens (including phenoxy) is 1. The zero-order valence-corrected chi connectivity index (χ0v) is 25.7. The zero-order valence-electron chi connectivity index (χ0n) is 24.1. The van der Waals surface area contributed by atoms with Crippen molar-refractivity contribution in [1.82, 2.24) is 19.3 Å². The highest BCUT2D eigenvalue weighted by atomic mass is 32.2. The Labute approximate surface area is 252 Å². The van der Waals surface area contributed by atoms with Gasteiger partial charge in [-0.25, -0.2) is 17.9 Å². The van der Waals surface area contributed by atoms with Crippen LogP contribution in [0.4, 0.5) is 0 Å². The summed E-state index contributed by atoms with van der Waals surface area (Å²) < 4.78 is 33.9. The molecule has 1 saturated heterocycles. The molecular formula is C32H36N4O4S2. The van der Waals surface area contributed by atoms with Crippen LogP contribution < -0.4 is 0 Å². The highest BCUT2D eigenvalue weighted by Crippen LogP contribution is 2.52. The minimum absolute atomic E-state index is 0.0253. The maximum absolute atomic E-state index is 13.0. The second kappa shape index (κ2) is 12.8. The van der Waals surface area contributed by atoms with Crippen molar-refractivity contribution in [3.8, 4) is 0 Å². The molecule has 0 saturated carbocycles. The molecule has 3 aromatic carbocycles. The maximum atomic E-state index is 13.0. The number of nitrogens with zero attached hydrogens (tertiary/aromatic N) is 4. The normalized spacial score (nSPS) is 17.8. The number of hydrogen-bond acceptors (Lipinski definition) is 7. The van der Waals surface area contributed by atoms with Crippen molar-refractivity contribution in [1.29, 1.82) is 0 Å². The molecular weight excluding hydrogens is 569 g/mol. The van der Waals surface area contributed by atoms with E-state index in [1.54, 1.807) is 22.8 Å². The van der Waals surface area contributed by atoms with Gasteiger partial charge in [0.25, 0.3) is 0 Å². The zero-order chi connectivity index (χ0) is 29.7. The monoisotopic (exact) mass is 604 g/mol. The highest BCUT2D eigenvalue weighted by molar-refractivity contribution is 8.01. The molecule has 1 fully saturated rings. The van der Waals surface area contributed by atoms with Gasteiger partial charge in [-0.2, -0.15) is 4.31 Å². The van der Waals surface area contributed by atoms with E-state index in [0.29, 0.717) is 31.6 Å². The Hall–Kier alpha value is -3.47. The molecule has 220 valence electrons. The fourth-order valence-electron chi connectivity index (χ4n) is 5.80. The molecule has 2 heterocycles. The average Bonchev–Trinajstić information content (AvgIpc) is 3.59. The highest BCUT2D eigenvalue weighted by Gasteiger charge is 2.45. The number of benzene rings is 3. The van der Waals surface area contributed by atoms with Crippen LogP contribution in [0, 0.1) is 6.92 Å². The van der Waals surface area contributed by atoms with Crippen LogP contribution in [0.2, 0.25) is 0 Å². The van der Waals surface area contributed by atoms with E-state index in [9.17, 15) is 13.2 Å². The average molecular weight is 605 g/mol. The number of carbonyl (C=O) groups excluding carboxylic acids is 1. The second-order valence-corrected chi connectivity index (χ2v) is 13.9. The first kappa shape index (κ1) is 30.0. The van der Waals surface area contributed by atoms with Crippen LogP contribution in [0.3, 0.4) is 0 Å². The lowest BCUT2D eigenvalue weighted by Gasteiger charge is -2.37. The molecule has 0 radical (unpaired) electrons. The molecule has 0 aliphatic carbocycles. The van der Waals surface area contributed by atoms with Crippen LogP contribution in [0.5, 0.6) is 0 Å². The maximum Gasteiger partial charge on any atom is 0.360 e. The van der Waals surface area contributed by atoms with Gasteiger partial charge in [0.1, 0.15) is 0 Å². The molecule has 10 heteroatoms. The Morgan fingerprint density at radius 3 is 1.95 bits per heavy atom. The van der Waals surface area contributed by atoms with Gasteiger partial charge in [0.15, 0.2) is 5.69 Å². The standard InChI is InChI=1S/C32H36N4O4S2/c1-4-40-31(37)30-24(2)35(34-33-30)21-20-28-22-29(23-36(28)42(3,38)39)41-32(25-14-8-5-9-15-25,26-16-10-6-11-17-26)27-18-12-7-13-19-27/h5-19,28-29H,4,20-23H2,1-3H3/t28-,29+/m0/s1. The topological polar surface area (TPSA) is 94.4 Å². The van der Waals surface area contributed by atoms with E-state index in [2.05, 4.69) is 83.1 Å². The Kier molecular flexibility index (Phi) is 9.15. The lowest BCUT2D eigenvalue weighted by Crippen LogP contribution is -2.36. The summed E-state index contributed by atoms with van der Waals surface area (Å²) in [5.74, 6) is -0.504. The first-order chi connectivity index (χ1) is 20.2. The molecule has 2 atom stereocenters. The van der Waals surface area contributed by atoms with E-state index in [0.717, 1.165) is 16.7 Å².